The minimum Gasteiger partial charge on any atom is -0.488 e. The Labute approximate surface area is 252 Å². The van der Waals surface area contributed by atoms with Gasteiger partial charge in [0, 0.05) is 35.6 Å². The average Bonchev–Trinajstić information content (AvgIpc) is 3.21. The summed E-state index contributed by atoms with van der Waals surface area (Å²) < 4.78 is 36.5. The number of ether oxygens (including phenoxy) is 2. The molecule has 2 aliphatic rings. The zero-order valence-corrected chi connectivity index (χ0v) is 24.9. The van der Waals surface area contributed by atoms with E-state index in [2.05, 4.69) is 4.72 Å². The summed E-state index contributed by atoms with van der Waals surface area (Å²) in [6.07, 6.45) is 0. The van der Waals surface area contributed by atoms with E-state index in [1.54, 1.807) is 30.3 Å². The van der Waals surface area contributed by atoms with E-state index >= 15 is 0 Å². The van der Waals surface area contributed by atoms with Gasteiger partial charge in [-0.3, -0.25) is 14.9 Å². The van der Waals surface area contributed by atoms with Gasteiger partial charge in [0.05, 0.1) is 22.4 Å². The van der Waals surface area contributed by atoms with Crippen molar-refractivity contribution < 1.29 is 37.2 Å². The summed E-state index contributed by atoms with van der Waals surface area (Å²) in [5.41, 5.74) is 0.798. The van der Waals surface area contributed by atoms with Crippen LogP contribution in [0.25, 0.3) is 10.8 Å². The van der Waals surface area contributed by atoms with Crippen LogP contribution in [0.1, 0.15) is 36.7 Å². The zero-order chi connectivity index (χ0) is 31.9. The summed E-state index contributed by atoms with van der Waals surface area (Å²) in [5.74, 6) is -2.45. The molecule has 3 aromatic rings. The second-order valence-corrected chi connectivity index (χ2v) is 12.4. The normalized spacial score (nSPS) is 19.6. The molecule has 230 valence electrons. The number of β-lactam (4-membered cyclic amide) rings is 1. The van der Waals surface area contributed by atoms with Crippen LogP contribution in [0.4, 0.5) is 5.69 Å². The standard InChI is InChI=1S/C30H30N4O9S/c1-16(2)25-26-17(3)23(15-42-24-9-5-7-21-19(6-4-8-22(21)24)14-32-44(31,40)41)27(33(26)28(25)35)30(37)43-29(36)18-10-12-20(13-11-18)34(38)39/h4-13,16-17,25-26,32H,14-15H2,1-3H3,(H2,31,40,41)/t17-,25+,26+/m0/s1. The molecule has 2 aliphatic heterocycles. The molecule has 0 aromatic heterocycles. The number of hydrogen-bond donors (Lipinski definition) is 2. The van der Waals surface area contributed by atoms with Gasteiger partial charge >= 0.3 is 11.9 Å². The molecule has 44 heavy (non-hydrogen) atoms. The van der Waals surface area contributed by atoms with E-state index in [0.29, 0.717) is 22.3 Å². The van der Waals surface area contributed by atoms with Crippen LogP contribution in [0.2, 0.25) is 0 Å². The summed E-state index contributed by atoms with van der Waals surface area (Å²) >= 11 is 0. The van der Waals surface area contributed by atoms with Crippen LogP contribution in [0.5, 0.6) is 5.75 Å². The predicted molar refractivity (Wildman–Crippen MR) is 158 cm³/mol. The van der Waals surface area contributed by atoms with Crippen LogP contribution in [0, 0.1) is 27.9 Å². The highest BCUT2D eigenvalue weighted by Crippen LogP contribution is 2.49. The second kappa shape index (κ2) is 11.8. The summed E-state index contributed by atoms with van der Waals surface area (Å²) in [6, 6.07) is 14.9. The largest absolute Gasteiger partial charge is 0.488 e. The van der Waals surface area contributed by atoms with Gasteiger partial charge in [-0.2, -0.15) is 13.1 Å². The van der Waals surface area contributed by atoms with Gasteiger partial charge in [-0.1, -0.05) is 51.1 Å². The highest BCUT2D eigenvalue weighted by Gasteiger charge is 2.59. The molecule has 2 heterocycles. The van der Waals surface area contributed by atoms with E-state index in [9.17, 15) is 32.9 Å². The number of nitro benzene ring substituents is 1. The number of rotatable bonds is 10. The molecule has 0 unspecified atom stereocenters. The lowest BCUT2D eigenvalue weighted by Crippen LogP contribution is -2.62. The number of nitrogens with two attached hydrogens (primary N) is 1. The van der Waals surface area contributed by atoms with Crippen LogP contribution >= 0.6 is 0 Å². The molecule has 13 nitrogen and oxygen atoms in total. The van der Waals surface area contributed by atoms with Crippen molar-refractivity contribution in [3.05, 3.63) is 93.2 Å². The molecule has 5 rings (SSSR count). The lowest BCUT2D eigenvalue weighted by molar-refractivity contribution is -0.384. The van der Waals surface area contributed by atoms with Gasteiger partial charge in [0.2, 0.25) is 5.91 Å². The Morgan fingerprint density at radius 3 is 2.34 bits per heavy atom. The SMILES string of the molecule is CC(C)[C@H]1C(=O)N2C(C(=O)OC(=O)c3ccc([N+](=O)[O-])cc3)=C(COc3cccc4c(CNS(N)(=O)=O)cccc34)[C@H](C)[C@H]12. The zero-order valence-electron chi connectivity index (χ0n) is 24.1. The third-order valence-electron chi connectivity index (χ3n) is 8.03. The quantitative estimate of drug-likeness (QED) is 0.112. The Morgan fingerprint density at radius 2 is 1.70 bits per heavy atom. The lowest BCUT2D eigenvalue weighted by atomic mass is 9.74. The second-order valence-electron chi connectivity index (χ2n) is 11.0. The molecule has 0 saturated carbocycles. The van der Waals surface area contributed by atoms with Gasteiger partial charge in [0.15, 0.2) is 0 Å². The molecule has 1 saturated heterocycles. The first-order valence-electron chi connectivity index (χ1n) is 13.8. The van der Waals surface area contributed by atoms with Crippen molar-refractivity contribution in [3.8, 4) is 5.75 Å². The van der Waals surface area contributed by atoms with Crippen molar-refractivity contribution in [2.45, 2.75) is 33.4 Å². The summed E-state index contributed by atoms with van der Waals surface area (Å²) in [7, 11) is -3.91. The van der Waals surface area contributed by atoms with E-state index in [-0.39, 0.29) is 59.8 Å². The predicted octanol–water partition coefficient (Wildman–Crippen LogP) is 3.19. The fraction of sp³-hybridized carbons (Fsp3) is 0.300. The van der Waals surface area contributed by atoms with E-state index in [1.807, 2.05) is 26.8 Å². The Morgan fingerprint density at radius 1 is 1.05 bits per heavy atom. The Balaban J connectivity index is 1.44. The summed E-state index contributed by atoms with van der Waals surface area (Å²) in [6.45, 7) is 5.61. The molecule has 1 amide bonds. The number of carbonyl (C=O) groups excluding carboxylic acids is 3. The molecule has 0 radical (unpaired) electrons. The van der Waals surface area contributed by atoms with Gasteiger partial charge in [-0.05, 0) is 35.1 Å². The van der Waals surface area contributed by atoms with Gasteiger partial charge in [0.25, 0.3) is 15.9 Å². The third-order valence-corrected chi connectivity index (χ3v) is 8.57. The maximum absolute atomic E-state index is 13.5. The van der Waals surface area contributed by atoms with Crippen molar-refractivity contribution in [1.82, 2.24) is 9.62 Å². The number of carbonyl (C=O) groups is 3. The highest BCUT2D eigenvalue weighted by molar-refractivity contribution is 7.87. The lowest BCUT2D eigenvalue weighted by Gasteiger charge is -2.47. The van der Waals surface area contributed by atoms with Crippen LogP contribution in [0.15, 0.2) is 71.9 Å². The monoisotopic (exact) mass is 622 g/mol. The first-order chi connectivity index (χ1) is 20.8. The third kappa shape index (κ3) is 5.78. The number of benzene rings is 3. The average molecular weight is 623 g/mol. The van der Waals surface area contributed by atoms with E-state index < -0.39 is 27.1 Å². The van der Waals surface area contributed by atoms with Crippen molar-refractivity contribution in [2.75, 3.05) is 6.61 Å². The topological polar surface area (TPSA) is 188 Å². The fourth-order valence-electron chi connectivity index (χ4n) is 5.88. The number of hydrogen-bond acceptors (Lipinski definition) is 9. The molecule has 0 bridgehead atoms. The molecule has 1 fully saturated rings. The Hall–Kier alpha value is -4.66. The Bertz CT molecular complexity index is 1820. The van der Waals surface area contributed by atoms with Crippen molar-refractivity contribution in [2.24, 2.45) is 22.9 Å². The van der Waals surface area contributed by atoms with Crippen LogP contribution in [-0.2, 0) is 31.1 Å². The van der Waals surface area contributed by atoms with Gasteiger partial charge in [-0.25, -0.2) is 14.7 Å². The first kappa shape index (κ1) is 30.8. The van der Waals surface area contributed by atoms with Crippen LogP contribution in [-0.4, -0.2) is 48.7 Å². The fourth-order valence-corrected chi connectivity index (χ4v) is 6.24. The minimum atomic E-state index is -3.91. The maximum atomic E-state index is 13.5. The molecule has 0 spiro atoms. The van der Waals surface area contributed by atoms with Crippen molar-refractivity contribution >= 4 is 44.5 Å². The van der Waals surface area contributed by atoms with Gasteiger partial charge < -0.3 is 14.4 Å². The smallest absolute Gasteiger partial charge is 0.363 e. The Kier molecular flexibility index (Phi) is 8.25. The molecular weight excluding hydrogens is 592 g/mol. The number of fused-ring (bicyclic) bond motifs is 2. The summed E-state index contributed by atoms with van der Waals surface area (Å²) in [4.78, 5) is 51.2. The van der Waals surface area contributed by atoms with Crippen LogP contribution in [0.3, 0.4) is 0 Å². The first-order valence-corrected chi connectivity index (χ1v) is 15.3. The highest BCUT2D eigenvalue weighted by atomic mass is 32.2. The number of nitrogens with zero attached hydrogens (tertiary/aromatic N) is 2. The number of non-ortho nitro benzene ring substituents is 1. The molecule has 3 aromatic carbocycles. The molecule has 3 N–H and O–H groups in total. The minimum absolute atomic E-state index is 0.00733. The molecular formula is C30H30N4O9S. The number of esters is 2. The van der Waals surface area contributed by atoms with E-state index in [4.69, 9.17) is 14.6 Å². The molecule has 0 aliphatic carbocycles. The van der Waals surface area contributed by atoms with Gasteiger partial charge in [0.1, 0.15) is 18.1 Å². The molecule has 14 heteroatoms. The van der Waals surface area contributed by atoms with Crippen molar-refractivity contribution in [1.29, 1.82) is 0 Å². The van der Waals surface area contributed by atoms with Crippen molar-refractivity contribution in [3.63, 3.8) is 0 Å². The number of amides is 1. The summed E-state index contributed by atoms with van der Waals surface area (Å²) in [5, 5.41) is 17.4. The maximum Gasteiger partial charge on any atom is 0.363 e. The van der Waals surface area contributed by atoms with E-state index in [1.165, 1.54) is 17.0 Å². The number of nitro groups is 1. The van der Waals surface area contributed by atoms with Crippen LogP contribution < -0.4 is 14.6 Å². The van der Waals surface area contributed by atoms with E-state index in [0.717, 1.165) is 17.5 Å². The van der Waals surface area contributed by atoms with Gasteiger partial charge in [-0.15, -0.1) is 0 Å². The number of nitrogens with one attached hydrogen (secondary N) is 1. The molecule has 3 atom stereocenters.